The Hall–Kier alpha value is -1.11. The molecule has 142 valence electrons. The fourth-order valence-electron chi connectivity index (χ4n) is 5.65. The quantitative estimate of drug-likeness (QED) is 0.778. The minimum absolute atomic E-state index is 0.223. The van der Waals surface area contributed by atoms with Crippen molar-refractivity contribution >= 4 is 27.7 Å². The monoisotopic (exact) mass is 396 g/mol. The summed E-state index contributed by atoms with van der Waals surface area (Å²) >= 11 is 6.77. The normalized spacial score (nSPS) is 35.7. The van der Waals surface area contributed by atoms with E-state index in [4.69, 9.17) is 11.6 Å². The number of hydrogen-bond donors (Lipinski definition) is 1. The number of alkyl halides is 1. The molecule has 4 bridgehead atoms. The van der Waals surface area contributed by atoms with Crippen molar-refractivity contribution in [3.05, 3.63) is 35.9 Å². The van der Waals surface area contributed by atoms with Crippen molar-refractivity contribution in [2.24, 2.45) is 17.3 Å². The lowest BCUT2D eigenvalue weighted by Crippen LogP contribution is -2.59. The lowest BCUT2D eigenvalue weighted by atomic mass is 9.49. The van der Waals surface area contributed by atoms with E-state index < -0.39 is 15.6 Å². The van der Waals surface area contributed by atoms with E-state index in [-0.39, 0.29) is 17.3 Å². The van der Waals surface area contributed by atoms with Gasteiger partial charge in [-0.2, -0.15) is 12.7 Å². The number of nitrogens with zero attached hydrogens (tertiary/aromatic N) is 1. The Bertz CT molecular complexity index is 797. The highest BCUT2D eigenvalue weighted by molar-refractivity contribution is 7.87. The maximum atomic E-state index is 13.0. The van der Waals surface area contributed by atoms with Crippen LogP contribution in [0.1, 0.15) is 44.1 Å². The third kappa shape index (κ3) is 3.27. The Morgan fingerprint density at radius 2 is 1.81 bits per heavy atom. The summed E-state index contributed by atoms with van der Waals surface area (Å²) in [6, 6.07) is 9.34. The van der Waals surface area contributed by atoms with Gasteiger partial charge < -0.3 is 0 Å². The molecule has 1 N–H and O–H groups in total. The molecule has 7 heteroatoms. The molecule has 1 aromatic carbocycles. The van der Waals surface area contributed by atoms with Gasteiger partial charge in [0.05, 0.1) is 5.41 Å². The number of carbonyl (C=O) groups is 1. The summed E-state index contributed by atoms with van der Waals surface area (Å²) in [4.78, 5) is 12.7. The number of benzene rings is 1. The van der Waals surface area contributed by atoms with E-state index in [1.54, 1.807) is 0 Å². The molecule has 0 unspecified atom stereocenters. The highest BCUT2D eigenvalue weighted by atomic mass is 35.5. The Morgan fingerprint density at radius 3 is 2.38 bits per heavy atom. The van der Waals surface area contributed by atoms with Crippen LogP contribution >= 0.6 is 11.6 Å². The van der Waals surface area contributed by atoms with E-state index in [2.05, 4.69) is 4.72 Å². The predicted molar refractivity (Wildman–Crippen MR) is 101 cm³/mol. The van der Waals surface area contributed by atoms with Crippen LogP contribution in [0.3, 0.4) is 0 Å². The van der Waals surface area contributed by atoms with Crippen LogP contribution in [0.15, 0.2) is 30.3 Å². The number of rotatable bonds is 5. The zero-order valence-electron chi connectivity index (χ0n) is 14.9. The molecule has 0 radical (unpaired) electrons. The number of carbonyl (C=O) groups excluding carboxylic acids is 1. The number of nitrogens with one attached hydrogen (secondary N) is 1. The van der Waals surface area contributed by atoms with Gasteiger partial charge in [0.15, 0.2) is 0 Å². The molecular formula is C19H25ClN2O3S. The number of amides is 1. The molecule has 0 aromatic heterocycles. The lowest BCUT2D eigenvalue weighted by molar-refractivity contribution is -0.142. The molecule has 0 saturated heterocycles. The van der Waals surface area contributed by atoms with Gasteiger partial charge in [-0.05, 0) is 55.9 Å². The first-order chi connectivity index (χ1) is 12.2. The van der Waals surface area contributed by atoms with E-state index in [0.29, 0.717) is 18.3 Å². The van der Waals surface area contributed by atoms with E-state index in [9.17, 15) is 13.2 Å². The molecule has 0 heterocycles. The molecule has 0 spiro atoms. The molecule has 4 fully saturated rings. The average Bonchev–Trinajstić information content (AvgIpc) is 2.53. The molecular weight excluding hydrogens is 372 g/mol. The average molecular weight is 397 g/mol. The van der Waals surface area contributed by atoms with Crippen molar-refractivity contribution in [2.45, 2.75) is 49.9 Å². The zero-order valence-corrected chi connectivity index (χ0v) is 16.5. The van der Waals surface area contributed by atoms with Crippen LogP contribution in [0.25, 0.3) is 0 Å². The summed E-state index contributed by atoms with van der Waals surface area (Å²) in [6.45, 7) is 0.223. The van der Waals surface area contributed by atoms with Gasteiger partial charge in [0, 0.05) is 18.5 Å². The van der Waals surface area contributed by atoms with Crippen molar-refractivity contribution in [3.63, 3.8) is 0 Å². The van der Waals surface area contributed by atoms with E-state index >= 15 is 0 Å². The Kier molecular flexibility index (Phi) is 4.36. The molecule has 2 atom stereocenters. The standard InChI is InChI=1S/C19H25ClN2O3S/c1-22(12-14-5-3-2-4-6-14)26(24,25)21-17(23)18-8-15-7-16(9-18)11-19(20,10-15)13-18/h2-6,15-16H,7-13H2,1H3,(H,21,23)/t15-,16-,18?,19?/m1/s1. The van der Waals surface area contributed by atoms with Crippen molar-refractivity contribution in [2.75, 3.05) is 7.05 Å². The first-order valence-electron chi connectivity index (χ1n) is 9.21. The van der Waals surface area contributed by atoms with Gasteiger partial charge in [0.1, 0.15) is 0 Å². The maximum Gasteiger partial charge on any atom is 0.303 e. The van der Waals surface area contributed by atoms with Crippen molar-refractivity contribution in [1.29, 1.82) is 0 Å². The Morgan fingerprint density at radius 1 is 1.19 bits per heavy atom. The molecule has 4 aliphatic carbocycles. The summed E-state index contributed by atoms with van der Waals surface area (Å²) in [5.74, 6) is 0.532. The number of halogens is 1. The number of hydrogen-bond acceptors (Lipinski definition) is 3. The minimum atomic E-state index is -3.88. The largest absolute Gasteiger partial charge is 0.303 e. The van der Waals surface area contributed by atoms with Crippen LogP contribution in [-0.2, 0) is 21.5 Å². The topological polar surface area (TPSA) is 66.5 Å². The SMILES string of the molecule is CN(Cc1ccccc1)S(=O)(=O)NC(=O)C12C[C@H]3C[C@@H](CC(Cl)(C3)C1)C2. The second kappa shape index (κ2) is 6.21. The first kappa shape index (κ1) is 18.3. The smallest absolute Gasteiger partial charge is 0.273 e. The van der Waals surface area contributed by atoms with Gasteiger partial charge in [-0.25, -0.2) is 4.72 Å². The molecule has 4 saturated carbocycles. The van der Waals surface area contributed by atoms with Crippen molar-refractivity contribution in [3.8, 4) is 0 Å². The van der Waals surface area contributed by atoms with Crippen molar-refractivity contribution < 1.29 is 13.2 Å². The Balaban J connectivity index is 1.49. The van der Waals surface area contributed by atoms with Crippen molar-refractivity contribution in [1.82, 2.24) is 9.03 Å². The summed E-state index contributed by atoms with van der Waals surface area (Å²) in [6.07, 6.45) is 5.17. The molecule has 5 rings (SSSR count). The molecule has 26 heavy (non-hydrogen) atoms. The second-order valence-electron chi connectivity index (χ2n) is 8.57. The van der Waals surface area contributed by atoms with Gasteiger partial charge in [-0.15, -0.1) is 11.6 Å². The van der Waals surface area contributed by atoms with Crippen LogP contribution in [-0.4, -0.2) is 30.6 Å². The van der Waals surface area contributed by atoms with Crippen LogP contribution in [0.4, 0.5) is 0 Å². The molecule has 0 aliphatic heterocycles. The van der Waals surface area contributed by atoms with Gasteiger partial charge >= 0.3 is 10.2 Å². The van der Waals surface area contributed by atoms with E-state index in [1.165, 1.54) is 11.4 Å². The summed E-state index contributed by atoms with van der Waals surface area (Å²) < 4.78 is 28.9. The fourth-order valence-corrected chi connectivity index (χ4v) is 7.26. The molecule has 1 amide bonds. The van der Waals surface area contributed by atoms with E-state index in [1.807, 2.05) is 30.3 Å². The van der Waals surface area contributed by atoms with Gasteiger partial charge in [0.2, 0.25) is 5.91 Å². The third-order valence-corrected chi connectivity index (χ3v) is 8.19. The first-order valence-corrected chi connectivity index (χ1v) is 11.0. The Labute approximate surface area is 160 Å². The predicted octanol–water partition coefficient (Wildman–Crippen LogP) is 3.06. The highest BCUT2D eigenvalue weighted by Crippen LogP contribution is 2.63. The molecule has 1 aromatic rings. The third-order valence-electron chi connectivity index (χ3n) is 6.35. The summed E-state index contributed by atoms with van der Waals surface area (Å²) in [7, 11) is -2.39. The van der Waals surface area contributed by atoms with Crippen LogP contribution in [0, 0.1) is 17.3 Å². The minimum Gasteiger partial charge on any atom is -0.273 e. The van der Waals surface area contributed by atoms with Crippen LogP contribution in [0.5, 0.6) is 0 Å². The van der Waals surface area contributed by atoms with Crippen LogP contribution in [0.2, 0.25) is 0 Å². The van der Waals surface area contributed by atoms with Gasteiger partial charge in [-0.3, -0.25) is 4.79 Å². The molecule has 5 nitrogen and oxygen atoms in total. The molecule has 4 aliphatic rings. The van der Waals surface area contributed by atoms with E-state index in [0.717, 1.165) is 37.7 Å². The van der Waals surface area contributed by atoms with Gasteiger partial charge in [0.25, 0.3) is 0 Å². The summed E-state index contributed by atoms with van der Waals surface area (Å²) in [5.41, 5.74) is 0.259. The van der Waals surface area contributed by atoms with Gasteiger partial charge in [-0.1, -0.05) is 30.3 Å². The lowest BCUT2D eigenvalue weighted by Gasteiger charge is -2.59. The zero-order chi connectivity index (χ0) is 18.6. The fraction of sp³-hybridized carbons (Fsp3) is 0.632. The van der Waals surface area contributed by atoms with Crippen LogP contribution < -0.4 is 4.72 Å². The summed E-state index contributed by atoms with van der Waals surface area (Å²) in [5, 5.41) is 0. The maximum absolute atomic E-state index is 13.0. The second-order valence-corrected chi connectivity index (χ2v) is 11.1. The highest BCUT2D eigenvalue weighted by Gasteiger charge is 2.60.